The van der Waals surface area contributed by atoms with Crippen LogP contribution in [0.4, 0.5) is 0 Å². The number of carbonyl (C=O) groups is 1. The minimum atomic E-state index is -0.814. The van der Waals surface area contributed by atoms with Crippen LogP contribution in [0.15, 0.2) is 30.3 Å². The number of aliphatic hydroxyl groups is 1. The molecule has 3 rings (SSSR count). The molecule has 5 heteroatoms. The van der Waals surface area contributed by atoms with Gasteiger partial charge in [0.25, 0.3) is 0 Å². The summed E-state index contributed by atoms with van der Waals surface area (Å²) in [4.78, 5) is 18.5. The van der Waals surface area contributed by atoms with Gasteiger partial charge in [0.2, 0.25) is 0 Å². The number of fused-ring (bicyclic) bond motifs is 2. The van der Waals surface area contributed by atoms with Crippen LogP contribution in [0.3, 0.4) is 0 Å². The van der Waals surface area contributed by atoms with Crippen LogP contribution >= 0.6 is 0 Å². The second-order valence-corrected chi connectivity index (χ2v) is 5.10. The normalized spacial score (nSPS) is 34.4. The number of hydrogen-bond acceptors (Lipinski definition) is 5. The van der Waals surface area contributed by atoms with Gasteiger partial charge in [0.15, 0.2) is 6.35 Å². The predicted octanol–water partition coefficient (Wildman–Crippen LogP) is 0.742. The number of nitrogens with zero attached hydrogens (tertiary/aromatic N) is 2. The largest absolute Gasteiger partial charge is 0.363 e. The molecule has 2 fully saturated rings. The van der Waals surface area contributed by atoms with Crippen molar-refractivity contribution in [2.75, 3.05) is 6.54 Å². The average Bonchev–Trinajstić information content (AvgIpc) is 2.71. The van der Waals surface area contributed by atoms with Crippen LogP contribution in [0.1, 0.15) is 18.4 Å². The SMILES string of the molecule is O=C[C@@H]1CC[C@@H]2CN1C(O)N2OCc1ccccc1. The third-order valence-electron chi connectivity index (χ3n) is 3.91. The Bertz CT molecular complexity index is 440. The zero-order chi connectivity index (χ0) is 13.2. The van der Waals surface area contributed by atoms with Gasteiger partial charge in [-0.2, -0.15) is 0 Å². The molecule has 5 nitrogen and oxygen atoms in total. The molecule has 2 heterocycles. The number of rotatable bonds is 4. The zero-order valence-electron chi connectivity index (χ0n) is 10.7. The van der Waals surface area contributed by atoms with E-state index in [1.54, 1.807) is 9.96 Å². The van der Waals surface area contributed by atoms with E-state index < -0.39 is 6.35 Å². The van der Waals surface area contributed by atoms with E-state index in [2.05, 4.69) is 0 Å². The van der Waals surface area contributed by atoms with Crippen molar-refractivity contribution in [1.29, 1.82) is 0 Å². The predicted molar refractivity (Wildman–Crippen MR) is 68.7 cm³/mol. The Morgan fingerprint density at radius 3 is 2.84 bits per heavy atom. The molecule has 2 unspecified atom stereocenters. The van der Waals surface area contributed by atoms with E-state index in [9.17, 15) is 9.90 Å². The summed E-state index contributed by atoms with van der Waals surface area (Å²) in [7, 11) is 0. The fourth-order valence-corrected chi connectivity index (χ4v) is 2.85. The lowest BCUT2D eigenvalue weighted by atomic mass is 10.0. The van der Waals surface area contributed by atoms with E-state index in [0.29, 0.717) is 13.2 Å². The Hall–Kier alpha value is -1.27. The molecule has 1 N–H and O–H groups in total. The highest BCUT2D eigenvalue weighted by Crippen LogP contribution is 2.31. The van der Waals surface area contributed by atoms with Gasteiger partial charge in [-0.1, -0.05) is 30.3 Å². The summed E-state index contributed by atoms with van der Waals surface area (Å²) in [5.41, 5.74) is 1.07. The van der Waals surface area contributed by atoms with E-state index in [0.717, 1.165) is 24.7 Å². The smallest absolute Gasteiger partial charge is 0.188 e. The molecule has 0 amide bonds. The van der Waals surface area contributed by atoms with Crippen LogP contribution in [0.25, 0.3) is 0 Å². The van der Waals surface area contributed by atoms with E-state index in [4.69, 9.17) is 4.84 Å². The van der Waals surface area contributed by atoms with Crippen molar-refractivity contribution in [3.63, 3.8) is 0 Å². The molecule has 2 aliphatic rings. The number of hydrogen-bond donors (Lipinski definition) is 1. The number of benzene rings is 1. The molecular formula is C14H18N2O3. The van der Waals surface area contributed by atoms with Crippen molar-refractivity contribution in [3.05, 3.63) is 35.9 Å². The minimum absolute atomic E-state index is 0.176. The summed E-state index contributed by atoms with van der Waals surface area (Å²) >= 11 is 0. The molecule has 0 saturated carbocycles. The van der Waals surface area contributed by atoms with Gasteiger partial charge >= 0.3 is 0 Å². The average molecular weight is 262 g/mol. The summed E-state index contributed by atoms with van der Waals surface area (Å²) < 4.78 is 0. The van der Waals surface area contributed by atoms with Gasteiger partial charge in [-0.05, 0) is 18.4 Å². The molecule has 0 radical (unpaired) electrons. The lowest BCUT2D eigenvalue weighted by Crippen LogP contribution is -2.44. The first-order chi connectivity index (χ1) is 9.29. The fraction of sp³-hybridized carbons (Fsp3) is 0.500. The topological polar surface area (TPSA) is 53.0 Å². The molecule has 2 saturated heterocycles. The van der Waals surface area contributed by atoms with Crippen LogP contribution in [0.2, 0.25) is 0 Å². The van der Waals surface area contributed by atoms with Crippen molar-refractivity contribution in [2.45, 2.75) is 37.9 Å². The third kappa shape index (κ3) is 2.42. The Balaban J connectivity index is 1.64. The fourth-order valence-electron chi connectivity index (χ4n) is 2.85. The summed E-state index contributed by atoms with van der Waals surface area (Å²) in [6.45, 7) is 1.13. The number of piperidine rings is 1. The standard InChI is InChI=1S/C14H18N2O3/c17-9-13-7-6-12-8-15(13)14(18)16(12)19-10-11-4-2-1-3-5-11/h1-5,9,12-14,18H,6-8,10H2/t12-,13+,14?/m1/s1. The number of aldehydes is 1. The molecule has 0 spiro atoms. The Morgan fingerprint density at radius 2 is 2.11 bits per heavy atom. The summed E-state index contributed by atoms with van der Waals surface area (Å²) in [6, 6.07) is 9.85. The van der Waals surface area contributed by atoms with Gasteiger partial charge < -0.3 is 9.90 Å². The van der Waals surface area contributed by atoms with E-state index >= 15 is 0 Å². The maximum Gasteiger partial charge on any atom is 0.188 e. The van der Waals surface area contributed by atoms with Crippen molar-refractivity contribution in [2.24, 2.45) is 0 Å². The Morgan fingerprint density at radius 1 is 1.32 bits per heavy atom. The first-order valence-corrected chi connectivity index (χ1v) is 6.64. The molecule has 2 bridgehead atoms. The van der Waals surface area contributed by atoms with Gasteiger partial charge in [-0.3, -0.25) is 9.74 Å². The van der Waals surface area contributed by atoms with Crippen LogP contribution in [0, 0.1) is 0 Å². The lowest BCUT2D eigenvalue weighted by molar-refractivity contribution is -0.265. The summed E-state index contributed by atoms with van der Waals surface area (Å²) in [5, 5.41) is 11.8. The highest BCUT2D eigenvalue weighted by molar-refractivity contribution is 5.58. The van der Waals surface area contributed by atoms with E-state index in [1.807, 2.05) is 30.3 Å². The van der Waals surface area contributed by atoms with Crippen LogP contribution in [-0.4, -0.2) is 46.3 Å². The highest BCUT2D eigenvalue weighted by Gasteiger charge is 2.46. The van der Waals surface area contributed by atoms with Crippen LogP contribution in [0.5, 0.6) is 0 Å². The highest BCUT2D eigenvalue weighted by atomic mass is 16.7. The number of hydroxylamine groups is 2. The van der Waals surface area contributed by atoms with Crippen molar-refractivity contribution >= 4 is 6.29 Å². The second-order valence-electron chi connectivity index (χ2n) is 5.10. The molecular weight excluding hydrogens is 244 g/mol. The van der Waals surface area contributed by atoms with Crippen molar-refractivity contribution in [1.82, 2.24) is 9.96 Å². The Labute approximate surface area is 112 Å². The number of aliphatic hydroxyl groups excluding tert-OH is 1. The first kappa shape index (κ1) is 12.7. The molecule has 2 aliphatic heterocycles. The molecule has 19 heavy (non-hydrogen) atoms. The van der Waals surface area contributed by atoms with Crippen molar-refractivity contribution < 1.29 is 14.7 Å². The lowest BCUT2D eigenvalue weighted by Gasteiger charge is -2.27. The van der Waals surface area contributed by atoms with Gasteiger partial charge in [0.05, 0.1) is 18.7 Å². The van der Waals surface area contributed by atoms with E-state index in [1.165, 1.54) is 0 Å². The van der Waals surface area contributed by atoms with Gasteiger partial charge in [-0.15, -0.1) is 5.06 Å². The molecule has 1 aromatic carbocycles. The molecule has 4 atom stereocenters. The molecule has 102 valence electrons. The maximum absolute atomic E-state index is 11.0. The van der Waals surface area contributed by atoms with Crippen molar-refractivity contribution in [3.8, 4) is 0 Å². The summed E-state index contributed by atoms with van der Waals surface area (Å²) in [5.74, 6) is 0. The molecule has 1 aromatic rings. The van der Waals surface area contributed by atoms with Gasteiger partial charge in [0, 0.05) is 6.54 Å². The monoisotopic (exact) mass is 262 g/mol. The van der Waals surface area contributed by atoms with Crippen LogP contribution in [-0.2, 0) is 16.2 Å². The second kappa shape index (κ2) is 5.38. The van der Waals surface area contributed by atoms with Gasteiger partial charge in [-0.25, -0.2) is 0 Å². The van der Waals surface area contributed by atoms with Gasteiger partial charge in [0.1, 0.15) is 6.29 Å². The number of carbonyl (C=O) groups excluding carboxylic acids is 1. The minimum Gasteiger partial charge on any atom is -0.363 e. The van der Waals surface area contributed by atoms with Crippen LogP contribution < -0.4 is 0 Å². The first-order valence-electron chi connectivity index (χ1n) is 6.64. The third-order valence-corrected chi connectivity index (χ3v) is 3.91. The Kier molecular flexibility index (Phi) is 3.61. The molecule has 0 aromatic heterocycles. The maximum atomic E-state index is 11.0. The molecule has 0 aliphatic carbocycles. The summed E-state index contributed by atoms with van der Waals surface area (Å²) in [6.07, 6.45) is 1.77. The quantitative estimate of drug-likeness (QED) is 0.811. The van der Waals surface area contributed by atoms with E-state index in [-0.39, 0.29) is 12.1 Å². The zero-order valence-corrected chi connectivity index (χ0v) is 10.7.